The number of ether oxygens (including phenoxy) is 1. The van der Waals surface area contributed by atoms with Crippen molar-refractivity contribution in [2.45, 2.75) is 25.8 Å². The summed E-state index contributed by atoms with van der Waals surface area (Å²) >= 11 is 0. The monoisotopic (exact) mass is 252 g/mol. The standard InChI is InChI=1S/C13H20N2O3/c1-10(4-3-7-16)15-13(17)9-18-12-6-2-5-11(14)8-12/h2,5-6,8,10,16H,3-4,7,9,14H2,1H3,(H,15,17). The Bertz CT molecular complexity index is 382. The highest BCUT2D eigenvalue weighted by molar-refractivity contribution is 5.77. The first-order valence-corrected chi connectivity index (χ1v) is 6.00. The lowest BCUT2D eigenvalue weighted by Crippen LogP contribution is -2.36. The van der Waals surface area contributed by atoms with Crippen LogP contribution < -0.4 is 15.8 Å². The Morgan fingerprint density at radius 3 is 3.00 bits per heavy atom. The molecule has 1 rings (SSSR count). The van der Waals surface area contributed by atoms with Crippen LogP contribution in [0.2, 0.25) is 0 Å². The molecule has 0 bridgehead atoms. The molecule has 0 saturated heterocycles. The quantitative estimate of drug-likeness (QED) is 0.630. The minimum atomic E-state index is -0.178. The summed E-state index contributed by atoms with van der Waals surface area (Å²) in [5.74, 6) is 0.399. The maximum absolute atomic E-state index is 11.5. The molecule has 0 radical (unpaired) electrons. The molecule has 0 aliphatic carbocycles. The third kappa shape index (κ3) is 5.54. The largest absolute Gasteiger partial charge is 0.484 e. The SMILES string of the molecule is CC(CCCO)NC(=O)COc1cccc(N)c1. The maximum atomic E-state index is 11.5. The predicted octanol–water partition coefficient (Wildman–Crippen LogP) is 0.925. The highest BCUT2D eigenvalue weighted by Gasteiger charge is 2.07. The molecular formula is C13H20N2O3. The number of nitrogens with one attached hydrogen (secondary N) is 1. The second-order valence-corrected chi connectivity index (χ2v) is 4.20. The Morgan fingerprint density at radius 1 is 1.56 bits per heavy atom. The van der Waals surface area contributed by atoms with Gasteiger partial charge in [-0.3, -0.25) is 4.79 Å². The molecule has 0 heterocycles. The Hall–Kier alpha value is -1.75. The minimum Gasteiger partial charge on any atom is -0.484 e. The molecule has 0 fully saturated rings. The third-order valence-corrected chi connectivity index (χ3v) is 2.43. The number of hydrogen-bond acceptors (Lipinski definition) is 4. The van der Waals surface area contributed by atoms with Gasteiger partial charge in [0.15, 0.2) is 6.61 Å². The smallest absolute Gasteiger partial charge is 0.258 e. The average Bonchev–Trinajstić information content (AvgIpc) is 2.34. The van der Waals surface area contributed by atoms with Gasteiger partial charge in [0.1, 0.15) is 5.75 Å². The van der Waals surface area contributed by atoms with Gasteiger partial charge in [-0.25, -0.2) is 0 Å². The van der Waals surface area contributed by atoms with E-state index in [1.165, 1.54) is 0 Å². The molecular weight excluding hydrogens is 232 g/mol. The number of amides is 1. The zero-order valence-corrected chi connectivity index (χ0v) is 10.6. The van der Waals surface area contributed by atoms with E-state index in [2.05, 4.69) is 5.32 Å². The maximum Gasteiger partial charge on any atom is 0.258 e. The van der Waals surface area contributed by atoms with Crippen molar-refractivity contribution in [3.63, 3.8) is 0 Å². The van der Waals surface area contributed by atoms with Crippen molar-refractivity contribution in [3.05, 3.63) is 24.3 Å². The van der Waals surface area contributed by atoms with Crippen LogP contribution in [0.3, 0.4) is 0 Å². The highest BCUT2D eigenvalue weighted by atomic mass is 16.5. The molecule has 0 aliphatic heterocycles. The number of hydrogen-bond donors (Lipinski definition) is 3. The molecule has 1 atom stereocenters. The number of anilines is 1. The number of aliphatic hydroxyl groups excluding tert-OH is 1. The van der Waals surface area contributed by atoms with Crippen LogP contribution in [0.25, 0.3) is 0 Å². The summed E-state index contributed by atoms with van der Waals surface area (Å²) in [6.45, 7) is 2.00. The summed E-state index contributed by atoms with van der Waals surface area (Å²) in [5, 5.41) is 11.5. The number of aliphatic hydroxyl groups is 1. The zero-order valence-electron chi connectivity index (χ0n) is 10.6. The van der Waals surface area contributed by atoms with Crippen molar-refractivity contribution >= 4 is 11.6 Å². The molecule has 18 heavy (non-hydrogen) atoms. The highest BCUT2D eigenvalue weighted by Crippen LogP contribution is 2.14. The van der Waals surface area contributed by atoms with E-state index in [4.69, 9.17) is 15.6 Å². The van der Waals surface area contributed by atoms with Crippen molar-refractivity contribution in [1.29, 1.82) is 0 Å². The van der Waals surface area contributed by atoms with Gasteiger partial charge in [-0.05, 0) is 31.9 Å². The number of carbonyl (C=O) groups excluding carboxylic acids is 1. The lowest BCUT2D eigenvalue weighted by molar-refractivity contribution is -0.123. The number of benzene rings is 1. The summed E-state index contributed by atoms with van der Waals surface area (Å²) in [6.07, 6.45) is 1.43. The van der Waals surface area contributed by atoms with Crippen molar-refractivity contribution in [3.8, 4) is 5.75 Å². The fourth-order valence-electron chi connectivity index (χ4n) is 1.54. The third-order valence-electron chi connectivity index (χ3n) is 2.43. The van der Waals surface area contributed by atoms with E-state index in [0.29, 0.717) is 17.9 Å². The first-order valence-electron chi connectivity index (χ1n) is 6.00. The topological polar surface area (TPSA) is 84.6 Å². The second kappa shape index (κ2) is 7.55. The van der Waals surface area contributed by atoms with Crippen LogP contribution in [-0.2, 0) is 4.79 Å². The van der Waals surface area contributed by atoms with Crippen LogP contribution in [0.5, 0.6) is 5.75 Å². The molecule has 0 aromatic heterocycles. The van der Waals surface area contributed by atoms with E-state index >= 15 is 0 Å². The van der Waals surface area contributed by atoms with Gasteiger partial charge in [0.25, 0.3) is 5.91 Å². The van der Waals surface area contributed by atoms with E-state index in [1.54, 1.807) is 24.3 Å². The normalized spacial score (nSPS) is 11.9. The first kappa shape index (κ1) is 14.3. The van der Waals surface area contributed by atoms with E-state index in [-0.39, 0.29) is 25.2 Å². The Kier molecular flexibility index (Phi) is 6.00. The van der Waals surface area contributed by atoms with E-state index in [9.17, 15) is 4.79 Å². The van der Waals surface area contributed by atoms with Crippen LogP contribution in [-0.4, -0.2) is 30.3 Å². The molecule has 1 aromatic rings. The second-order valence-electron chi connectivity index (χ2n) is 4.20. The van der Waals surface area contributed by atoms with Gasteiger partial charge in [0.05, 0.1) is 0 Å². The number of nitrogens with two attached hydrogens (primary N) is 1. The van der Waals surface area contributed by atoms with Gasteiger partial charge in [-0.2, -0.15) is 0 Å². The van der Waals surface area contributed by atoms with Crippen LogP contribution in [0.4, 0.5) is 5.69 Å². The number of carbonyl (C=O) groups is 1. The molecule has 4 N–H and O–H groups in total. The van der Waals surface area contributed by atoms with Gasteiger partial charge in [0.2, 0.25) is 0 Å². The summed E-state index contributed by atoms with van der Waals surface area (Å²) in [6, 6.07) is 6.98. The molecule has 0 saturated carbocycles. The van der Waals surface area contributed by atoms with Crippen LogP contribution in [0.1, 0.15) is 19.8 Å². The van der Waals surface area contributed by atoms with Gasteiger partial charge in [-0.1, -0.05) is 6.07 Å². The van der Waals surface area contributed by atoms with Crippen LogP contribution in [0.15, 0.2) is 24.3 Å². The van der Waals surface area contributed by atoms with Gasteiger partial charge in [0, 0.05) is 24.4 Å². The van der Waals surface area contributed by atoms with Gasteiger partial charge in [-0.15, -0.1) is 0 Å². The predicted molar refractivity (Wildman–Crippen MR) is 70.3 cm³/mol. The lowest BCUT2D eigenvalue weighted by atomic mass is 10.2. The van der Waals surface area contributed by atoms with E-state index < -0.39 is 0 Å². The number of nitrogen functional groups attached to an aromatic ring is 1. The number of rotatable bonds is 7. The van der Waals surface area contributed by atoms with Gasteiger partial charge < -0.3 is 20.9 Å². The zero-order chi connectivity index (χ0) is 13.4. The Balaban J connectivity index is 2.28. The molecule has 5 heteroatoms. The Labute approximate surface area is 107 Å². The molecule has 1 amide bonds. The molecule has 0 spiro atoms. The van der Waals surface area contributed by atoms with Crippen molar-refractivity contribution in [1.82, 2.24) is 5.32 Å². The van der Waals surface area contributed by atoms with E-state index in [0.717, 1.165) is 6.42 Å². The van der Waals surface area contributed by atoms with Crippen molar-refractivity contribution < 1.29 is 14.6 Å². The van der Waals surface area contributed by atoms with Crippen molar-refractivity contribution in [2.75, 3.05) is 18.9 Å². The molecule has 0 aliphatic rings. The molecule has 100 valence electrons. The fraction of sp³-hybridized carbons (Fsp3) is 0.462. The van der Waals surface area contributed by atoms with E-state index in [1.807, 2.05) is 6.92 Å². The molecule has 1 unspecified atom stereocenters. The van der Waals surface area contributed by atoms with Crippen molar-refractivity contribution in [2.24, 2.45) is 0 Å². The fourth-order valence-corrected chi connectivity index (χ4v) is 1.54. The van der Waals surface area contributed by atoms with Crippen LogP contribution in [0, 0.1) is 0 Å². The van der Waals surface area contributed by atoms with Gasteiger partial charge >= 0.3 is 0 Å². The minimum absolute atomic E-state index is 0.0348. The first-order chi connectivity index (χ1) is 8.61. The molecule has 5 nitrogen and oxygen atoms in total. The molecule has 1 aromatic carbocycles. The summed E-state index contributed by atoms with van der Waals surface area (Å²) in [4.78, 5) is 11.5. The lowest BCUT2D eigenvalue weighted by Gasteiger charge is -2.13. The van der Waals surface area contributed by atoms with Crippen LogP contribution >= 0.6 is 0 Å². The summed E-state index contributed by atoms with van der Waals surface area (Å²) in [7, 11) is 0. The summed E-state index contributed by atoms with van der Waals surface area (Å²) < 4.78 is 5.31. The Morgan fingerprint density at radius 2 is 2.33 bits per heavy atom. The average molecular weight is 252 g/mol. The summed E-state index contributed by atoms with van der Waals surface area (Å²) in [5.41, 5.74) is 6.20.